The number of unbranched alkanes of at least 4 members (excludes halogenated alkanes) is 6. The number of ether oxygens (including phenoxy) is 1. The third-order valence-electron chi connectivity index (χ3n) is 15.3. The second kappa shape index (κ2) is 37.1. The van der Waals surface area contributed by atoms with Gasteiger partial charge in [0.1, 0.15) is 48.0 Å². The fraction of sp³-hybridized carbons (Fsp3) is 0.750. The van der Waals surface area contributed by atoms with Gasteiger partial charge in [-0.05, 0) is 77.6 Å². The Bertz CT molecular complexity index is 2310. The highest BCUT2D eigenvalue weighted by molar-refractivity contribution is 6.20. The number of methoxy groups -OCH3 is 1. The quantitative estimate of drug-likeness (QED) is 0.0352. The number of likely N-dealkylation sites (N-methyl/N-ethyl adjacent to an activating group) is 1. The minimum atomic E-state index is -2.00. The van der Waals surface area contributed by atoms with Gasteiger partial charge in [0.2, 0.25) is 59.1 Å². The zero-order valence-electron chi connectivity index (χ0n) is 50.5. The summed E-state index contributed by atoms with van der Waals surface area (Å²) in [6, 6.07) is -12.0. The zero-order chi connectivity index (χ0) is 63.5. The van der Waals surface area contributed by atoms with Crippen LogP contribution in [0.1, 0.15) is 158 Å². The third-order valence-corrected chi connectivity index (χ3v) is 15.8. The molecule has 0 saturated carbocycles. The van der Waals surface area contributed by atoms with E-state index < -0.39 is 174 Å². The second-order valence-corrected chi connectivity index (χ2v) is 22.8. The molecule has 84 heavy (non-hydrogen) atoms. The first-order chi connectivity index (χ1) is 39.5. The predicted molar refractivity (Wildman–Crippen MR) is 310 cm³/mol. The molecule has 0 bridgehead atoms. The average Bonchev–Trinajstić information content (AvgIpc) is 4.16. The fourth-order valence-electron chi connectivity index (χ4n) is 9.85. The number of aliphatic hydroxyl groups excluding tert-OH is 2. The lowest BCUT2D eigenvalue weighted by Gasteiger charge is -2.36. The van der Waals surface area contributed by atoms with Crippen LogP contribution in [0.25, 0.3) is 0 Å². The van der Waals surface area contributed by atoms with Gasteiger partial charge in [0.15, 0.2) is 6.10 Å². The molecule has 2 rings (SSSR count). The molecule has 12 amide bonds. The van der Waals surface area contributed by atoms with Gasteiger partial charge in [-0.2, -0.15) is 0 Å². The SMILES string of the molecule is C/C=C1/NC(=O)C(C(C)C)NC(=O)C(O)C(C(C)CCCCCCCCCC(Cl)CC)NC(=O)C2CCCN2C(=O)C(CC(N)=O)N(C)C(=O)C(C(C)OC)NC(=O)CNC(=O)C(CCC(N)=O)NC(=O)C(CC)NC(=O)C(C(C)O)NC1=O. The average molecular weight is 1210 g/mol. The highest BCUT2D eigenvalue weighted by Gasteiger charge is 2.44. The first-order valence-electron chi connectivity index (χ1n) is 29.3. The van der Waals surface area contributed by atoms with Crippen molar-refractivity contribution in [3.63, 3.8) is 0 Å². The van der Waals surface area contributed by atoms with E-state index in [0.29, 0.717) is 12.8 Å². The number of nitrogens with zero attached hydrogens (tertiary/aromatic N) is 2. The Balaban J connectivity index is 2.74. The molecule has 2 aliphatic rings. The van der Waals surface area contributed by atoms with Crippen molar-refractivity contribution >= 4 is 82.5 Å². The Kier molecular flexibility index (Phi) is 32.5. The van der Waals surface area contributed by atoms with Crippen LogP contribution in [0.5, 0.6) is 0 Å². The lowest BCUT2D eigenvalue weighted by Crippen LogP contribution is -2.62. The van der Waals surface area contributed by atoms with E-state index in [1.165, 1.54) is 52.8 Å². The standard InChI is InChI=1S/C56H95ClN12O15/c1-11-34(57)23-20-18-16-14-15-17-19-22-31(6)44-47(74)54(81)65-43(30(4)5)52(79)61-36(13-3)50(77)67-45(32(7)70)53(80)62-35(12-2)49(76)63-37(25-26-40(58)71)48(75)60-29-42(73)64-46(33(8)84-10)56(83)68(9)39(28-41(59)72)55(82)69-27-21-24-38(69)51(78)66-44/h13,30-35,37-39,43-47,70,74H,11-12,14-29H2,1-10H3,(H2,58,71)(H2,59,72)(H,60,75)(H,61,79)(H,62,80)(H,63,76)(H,64,73)(H,65,81)(H,66,78)(H,67,77)/b36-13+. The number of primary amides is 2. The van der Waals surface area contributed by atoms with E-state index in [2.05, 4.69) is 49.5 Å². The van der Waals surface area contributed by atoms with Gasteiger partial charge in [-0.1, -0.05) is 85.6 Å². The van der Waals surface area contributed by atoms with Crippen LogP contribution < -0.4 is 54.0 Å². The maximum atomic E-state index is 14.7. The van der Waals surface area contributed by atoms with E-state index in [1.807, 2.05) is 0 Å². The number of aliphatic hydroxyl groups is 2. The smallest absolute Gasteiger partial charge is 0.268 e. The number of alkyl halides is 1. The van der Waals surface area contributed by atoms with Crippen LogP contribution in [0.4, 0.5) is 0 Å². The Morgan fingerprint density at radius 3 is 1.88 bits per heavy atom. The van der Waals surface area contributed by atoms with Crippen molar-refractivity contribution in [2.75, 3.05) is 27.2 Å². The van der Waals surface area contributed by atoms with E-state index in [9.17, 15) is 67.7 Å². The van der Waals surface area contributed by atoms with Gasteiger partial charge in [-0.3, -0.25) is 57.5 Å². The van der Waals surface area contributed by atoms with Gasteiger partial charge in [0.05, 0.1) is 31.2 Å². The Labute approximate surface area is 498 Å². The second-order valence-electron chi connectivity index (χ2n) is 22.2. The molecule has 27 nitrogen and oxygen atoms in total. The molecule has 2 heterocycles. The van der Waals surface area contributed by atoms with Gasteiger partial charge < -0.3 is 78.8 Å². The number of hydrogen-bond donors (Lipinski definition) is 12. The number of hydrogen-bond acceptors (Lipinski definition) is 15. The minimum absolute atomic E-state index is 0.0270. The van der Waals surface area contributed by atoms with Crippen LogP contribution in [0, 0.1) is 11.8 Å². The zero-order valence-corrected chi connectivity index (χ0v) is 51.3. The third kappa shape index (κ3) is 23.5. The molecule has 0 aromatic rings. The van der Waals surface area contributed by atoms with Gasteiger partial charge in [-0.15, -0.1) is 11.6 Å². The number of carbonyl (C=O) groups is 12. The molecule has 0 aliphatic carbocycles. The molecule has 0 spiro atoms. The summed E-state index contributed by atoms with van der Waals surface area (Å²) >= 11 is 6.28. The van der Waals surface area contributed by atoms with E-state index >= 15 is 0 Å². The van der Waals surface area contributed by atoms with Crippen LogP contribution in [-0.2, 0) is 62.3 Å². The van der Waals surface area contributed by atoms with E-state index in [4.69, 9.17) is 27.8 Å². The molecule has 14 N–H and O–H groups in total. The monoisotopic (exact) mass is 1210 g/mol. The summed E-state index contributed by atoms with van der Waals surface area (Å²) < 4.78 is 5.42. The fourth-order valence-corrected chi connectivity index (χ4v) is 10.00. The number of fused-ring (bicyclic) bond motifs is 1. The molecule has 0 radical (unpaired) electrons. The Morgan fingerprint density at radius 2 is 1.33 bits per heavy atom. The van der Waals surface area contributed by atoms with Crippen molar-refractivity contribution in [1.29, 1.82) is 0 Å². The van der Waals surface area contributed by atoms with Crippen molar-refractivity contribution in [2.45, 2.75) is 230 Å². The van der Waals surface area contributed by atoms with Gasteiger partial charge >= 0.3 is 0 Å². The molecular weight excluding hydrogens is 1120 g/mol. The Morgan fingerprint density at radius 1 is 0.726 bits per heavy atom. The van der Waals surface area contributed by atoms with Gasteiger partial charge in [0, 0.05) is 32.5 Å². The normalized spacial score (nSPS) is 26.7. The van der Waals surface area contributed by atoms with Gasteiger partial charge in [0.25, 0.3) is 11.8 Å². The van der Waals surface area contributed by atoms with Crippen LogP contribution in [-0.4, -0.2) is 190 Å². The van der Waals surface area contributed by atoms with Crippen LogP contribution >= 0.6 is 11.6 Å². The van der Waals surface area contributed by atoms with Crippen LogP contribution in [0.15, 0.2) is 11.8 Å². The summed E-state index contributed by atoms with van der Waals surface area (Å²) in [5.74, 6) is -12.8. The summed E-state index contributed by atoms with van der Waals surface area (Å²) in [4.78, 5) is 167. The molecule has 0 aromatic heterocycles. The van der Waals surface area contributed by atoms with Crippen molar-refractivity contribution < 1.29 is 72.5 Å². The summed E-state index contributed by atoms with van der Waals surface area (Å²) in [6.07, 6.45) is 3.90. The Hall–Kier alpha value is -6.45. The van der Waals surface area contributed by atoms with Gasteiger partial charge in [-0.25, -0.2) is 0 Å². The molecule has 2 saturated heterocycles. The number of halogens is 1. The summed E-state index contributed by atoms with van der Waals surface area (Å²) in [5.41, 5.74) is 10.6. The highest BCUT2D eigenvalue weighted by atomic mass is 35.5. The van der Waals surface area contributed by atoms with Crippen LogP contribution in [0.2, 0.25) is 0 Å². The minimum Gasteiger partial charge on any atom is -0.391 e. The van der Waals surface area contributed by atoms with E-state index in [1.54, 1.807) is 20.8 Å². The highest BCUT2D eigenvalue weighted by Crippen LogP contribution is 2.25. The lowest BCUT2D eigenvalue weighted by atomic mass is 9.90. The molecule has 13 unspecified atom stereocenters. The largest absolute Gasteiger partial charge is 0.391 e. The van der Waals surface area contributed by atoms with E-state index in [-0.39, 0.29) is 37.6 Å². The molecular formula is C56H95ClN12O15. The topological polar surface area (TPSA) is 409 Å². The van der Waals surface area contributed by atoms with Crippen molar-refractivity contribution in [2.24, 2.45) is 23.3 Å². The number of amides is 12. The van der Waals surface area contributed by atoms with Crippen molar-refractivity contribution in [3.05, 3.63) is 11.8 Å². The maximum Gasteiger partial charge on any atom is 0.268 e. The lowest BCUT2D eigenvalue weighted by molar-refractivity contribution is -0.151. The molecule has 2 aliphatic heterocycles. The molecule has 2 fully saturated rings. The van der Waals surface area contributed by atoms with Crippen LogP contribution in [0.3, 0.4) is 0 Å². The van der Waals surface area contributed by atoms with E-state index in [0.717, 1.165) is 56.3 Å². The van der Waals surface area contributed by atoms with Crippen molar-refractivity contribution in [3.8, 4) is 0 Å². The number of nitrogens with one attached hydrogen (secondary N) is 8. The number of rotatable bonds is 22. The van der Waals surface area contributed by atoms with Crippen molar-refractivity contribution in [1.82, 2.24) is 52.3 Å². The molecule has 28 heteroatoms. The first-order valence-corrected chi connectivity index (χ1v) is 29.7. The maximum absolute atomic E-state index is 14.7. The summed E-state index contributed by atoms with van der Waals surface area (Å²) in [7, 11) is 2.42. The predicted octanol–water partition coefficient (Wildman–Crippen LogP) is -0.989. The summed E-state index contributed by atoms with van der Waals surface area (Å²) in [6.45, 7) is 11.6. The summed E-state index contributed by atoms with van der Waals surface area (Å²) in [5, 5.41) is 42.6. The first kappa shape index (κ1) is 73.7. The number of carbonyl (C=O) groups excluding carboxylic acids is 12. The molecule has 476 valence electrons. The molecule has 13 atom stereocenters. The molecule has 0 aromatic carbocycles. The number of nitrogens with two attached hydrogens (primary N) is 2. The number of allylic oxidation sites excluding steroid dienone is 1.